The Bertz CT molecular complexity index is 487. The standard InChI is InChI=1S/C15H22N2O3S/c18-11-10-16-6-1-7-17(9-8-16)12-14-3-2-13(21-14)4-5-15(19)20/h2-5,18H,1,6-12H2,(H,19,20)/b5-4+. The molecule has 0 aliphatic carbocycles. The summed E-state index contributed by atoms with van der Waals surface area (Å²) in [5.41, 5.74) is 0. The molecular weight excluding hydrogens is 288 g/mol. The number of carbonyl (C=O) groups is 1. The lowest BCUT2D eigenvalue weighted by molar-refractivity contribution is -0.131. The van der Waals surface area contributed by atoms with E-state index in [1.54, 1.807) is 17.4 Å². The van der Waals surface area contributed by atoms with Gasteiger partial charge in [-0.2, -0.15) is 0 Å². The second-order valence-corrected chi connectivity index (χ2v) is 6.37. The molecule has 1 aromatic rings. The lowest BCUT2D eigenvalue weighted by Crippen LogP contribution is -2.32. The summed E-state index contributed by atoms with van der Waals surface area (Å²) < 4.78 is 0. The highest BCUT2D eigenvalue weighted by Gasteiger charge is 2.15. The number of nitrogens with zero attached hydrogens (tertiary/aromatic N) is 2. The summed E-state index contributed by atoms with van der Waals surface area (Å²) >= 11 is 1.64. The number of hydrogen-bond acceptors (Lipinski definition) is 5. The summed E-state index contributed by atoms with van der Waals surface area (Å²) in [6.07, 6.45) is 3.94. The third-order valence-corrected chi connectivity index (χ3v) is 4.58. The number of carboxylic acids is 1. The summed E-state index contributed by atoms with van der Waals surface area (Å²) in [5.74, 6) is -0.915. The van der Waals surface area contributed by atoms with Gasteiger partial charge in [0, 0.05) is 42.0 Å². The van der Waals surface area contributed by atoms with Gasteiger partial charge in [-0.15, -0.1) is 11.3 Å². The molecular formula is C15H22N2O3S. The van der Waals surface area contributed by atoms with Crippen molar-refractivity contribution in [3.8, 4) is 0 Å². The van der Waals surface area contributed by atoms with Crippen LogP contribution in [0.5, 0.6) is 0 Å². The smallest absolute Gasteiger partial charge is 0.328 e. The van der Waals surface area contributed by atoms with Crippen molar-refractivity contribution in [2.75, 3.05) is 39.3 Å². The molecule has 1 aliphatic rings. The molecule has 1 saturated heterocycles. The number of thiophene rings is 1. The van der Waals surface area contributed by atoms with Gasteiger partial charge in [0.15, 0.2) is 0 Å². The van der Waals surface area contributed by atoms with Gasteiger partial charge in [0.25, 0.3) is 0 Å². The number of aliphatic hydroxyl groups is 1. The van der Waals surface area contributed by atoms with Crippen molar-refractivity contribution < 1.29 is 15.0 Å². The molecule has 0 spiro atoms. The third kappa shape index (κ3) is 5.59. The highest BCUT2D eigenvalue weighted by atomic mass is 32.1. The van der Waals surface area contributed by atoms with E-state index in [2.05, 4.69) is 15.9 Å². The highest BCUT2D eigenvalue weighted by Crippen LogP contribution is 2.20. The average Bonchev–Trinajstić information content (AvgIpc) is 2.78. The molecule has 5 nitrogen and oxygen atoms in total. The van der Waals surface area contributed by atoms with Crippen molar-refractivity contribution in [3.05, 3.63) is 28.0 Å². The van der Waals surface area contributed by atoms with E-state index in [9.17, 15) is 4.79 Å². The number of carboxylic acid groups (broad SMARTS) is 1. The zero-order valence-corrected chi connectivity index (χ0v) is 12.9. The molecule has 0 bridgehead atoms. The Hall–Kier alpha value is -1.21. The minimum absolute atomic E-state index is 0.226. The minimum atomic E-state index is -0.915. The Morgan fingerprint density at radius 1 is 1.24 bits per heavy atom. The molecule has 0 unspecified atom stereocenters. The van der Waals surface area contributed by atoms with E-state index in [4.69, 9.17) is 10.2 Å². The molecule has 0 aromatic carbocycles. The summed E-state index contributed by atoms with van der Waals surface area (Å²) in [6, 6.07) is 4.04. The molecule has 21 heavy (non-hydrogen) atoms. The molecule has 0 amide bonds. The Kier molecular flexibility index (Phi) is 6.38. The van der Waals surface area contributed by atoms with Crippen LogP contribution in [0.3, 0.4) is 0 Å². The predicted octanol–water partition coefficient (Wildman–Crippen LogP) is 1.35. The quantitative estimate of drug-likeness (QED) is 0.777. The van der Waals surface area contributed by atoms with Crippen LogP contribution in [0.4, 0.5) is 0 Å². The van der Waals surface area contributed by atoms with Crippen molar-refractivity contribution in [1.82, 2.24) is 9.80 Å². The van der Waals surface area contributed by atoms with Crippen molar-refractivity contribution in [1.29, 1.82) is 0 Å². The lowest BCUT2D eigenvalue weighted by atomic mass is 10.3. The molecule has 6 heteroatoms. The van der Waals surface area contributed by atoms with Gasteiger partial charge in [-0.05, 0) is 37.7 Å². The normalized spacial score (nSPS) is 18.1. The fourth-order valence-corrected chi connectivity index (χ4v) is 3.45. The van der Waals surface area contributed by atoms with E-state index in [1.165, 1.54) is 11.0 Å². The second kappa shape index (κ2) is 8.29. The maximum atomic E-state index is 10.5. The largest absolute Gasteiger partial charge is 0.478 e. The van der Waals surface area contributed by atoms with Crippen LogP contribution in [0.25, 0.3) is 6.08 Å². The number of hydrogen-bond donors (Lipinski definition) is 2. The van der Waals surface area contributed by atoms with Crippen LogP contribution in [-0.4, -0.2) is 65.3 Å². The van der Waals surface area contributed by atoms with Crippen LogP contribution in [-0.2, 0) is 11.3 Å². The zero-order chi connectivity index (χ0) is 15.1. The van der Waals surface area contributed by atoms with E-state index in [0.29, 0.717) is 0 Å². The van der Waals surface area contributed by atoms with E-state index in [-0.39, 0.29) is 6.61 Å². The van der Waals surface area contributed by atoms with Crippen LogP contribution in [0.2, 0.25) is 0 Å². The van der Waals surface area contributed by atoms with E-state index in [0.717, 1.165) is 50.6 Å². The highest BCUT2D eigenvalue weighted by molar-refractivity contribution is 7.12. The van der Waals surface area contributed by atoms with Crippen LogP contribution >= 0.6 is 11.3 Å². The molecule has 1 aliphatic heterocycles. The summed E-state index contributed by atoms with van der Waals surface area (Å²) in [4.78, 5) is 17.5. The van der Waals surface area contributed by atoms with Gasteiger partial charge in [0.1, 0.15) is 0 Å². The van der Waals surface area contributed by atoms with Gasteiger partial charge >= 0.3 is 5.97 Å². The fraction of sp³-hybridized carbons (Fsp3) is 0.533. The van der Waals surface area contributed by atoms with Gasteiger partial charge in [-0.1, -0.05) is 0 Å². The summed E-state index contributed by atoms with van der Waals surface area (Å²) in [6.45, 7) is 6.03. The molecule has 0 saturated carbocycles. The minimum Gasteiger partial charge on any atom is -0.478 e. The van der Waals surface area contributed by atoms with Gasteiger partial charge in [0.2, 0.25) is 0 Å². The van der Waals surface area contributed by atoms with E-state index < -0.39 is 5.97 Å². The maximum absolute atomic E-state index is 10.5. The molecule has 0 radical (unpaired) electrons. The van der Waals surface area contributed by atoms with Gasteiger partial charge in [-0.3, -0.25) is 9.80 Å². The SMILES string of the molecule is O=C(O)/C=C/c1ccc(CN2CCCN(CCO)CC2)s1. The van der Waals surface area contributed by atoms with Crippen LogP contribution in [0, 0.1) is 0 Å². The number of aliphatic carboxylic acids is 1. The van der Waals surface area contributed by atoms with E-state index in [1.807, 2.05) is 6.07 Å². The first kappa shape index (κ1) is 16.2. The van der Waals surface area contributed by atoms with Crippen LogP contribution in [0.1, 0.15) is 16.2 Å². The van der Waals surface area contributed by atoms with E-state index >= 15 is 0 Å². The molecule has 2 heterocycles. The number of β-amino-alcohol motifs (C(OH)–C–C–N with tert-alkyl or cyclic N) is 1. The first-order chi connectivity index (χ1) is 10.2. The Morgan fingerprint density at radius 3 is 2.76 bits per heavy atom. The molecule has 2 N–H and O–H groups in total. The predicted molar refractivity (Wildman–Crippen MR) is 84.4 cm³/mol. The molecule has 2 rings (SSSR count). The Morgan fingerprint density at radius 2 is 2.00 bits per heavy atom. The molecule has 1 fully saturated rings. The third-order valence-electron chi connectivity index (χ3n) is 3.55. The summed E-state index contributed by atoms with van der Waals surface area (Å²) in [5, 5.41) is 17.6. The van der Waals surface area contributed by atoms with Gasteiger partial charge < -0.3 is 10.2 Å². The summed E-state index contributed by atoms with van der Waals surface area (Å²) in [7, 11) is 0. The molecule has 116 valence electrons. The van der Waals surface area contributed by atoms with Crippen LogP contribution < -0.4 is 0 Å². The Balaban J connectivity index is 1.85. The van der Waals surface area contributed by atoms with Crippen molar-refractivity contribution in [3.63, 3.8) is 0 Å². The monoisotopic (exact) mass is 310 g/mol. The first-order valence-electron chi connectivity index (χ1n) is 7.22. The van der Waals surface area contributed by atoms with Crippen LogP contribution in [0.15, 0.2) is 18.2 Å². The van der Waals surface area contributed by atoms with Crippen molar-refractivity contribution >= 4 is 23.4 Å². The average molecular weight is 310 g/mol. The first-order valence-corrected chi connectivity index (χ1v) is 8.04. The lowest BCUT2D eigenvalue weighted by Gasteiger charge is -2.20. The fourth-order valence-electron chi connectivity index (χ4n) is 2.49. The maximum Gasteiger partial charge on any atom is 0.328 e. The van der Waals surface area contributed by atoms with Gasteiger partial charge in [-0.25, -0.2) is 4.79 Å². The molecule has 0 atom stereocenters. The second-order valence-electron chi connectivity index (χ2n) is 5.17. The van der Waals surface area contributed by atoms with Crippen molar-refractivity contribution in [2.24, 2.45) is 0 Å². The topological polar surface area (TPSA) is 64.0 Å². The number of rotatable bonds is 6. The Labute approximate surface area is 129 Å². The zero-order valence-electron chi connectivity index (χ0n) is 12.1. The molecule has 1 aromatic heterocycles. The van der Waals surface area contributed by atoms with Crippen molar-refractivity contribution in [2.45, 2.75) is 13.0 Å². The van der Waals surface area contributed by atoms with Gasteiger partial charge in [0.05, 0.1) is 6.61 Å². The number of aliphatic hydroxyl groups excluding tert-OH is 1.